The Labute approximate surface area is 204 Å². The third-order valence-electron chi connectivity index (χ3n) is 6.42. The molecule has 2 saturated heterocycles. The van der Waals surface area contributed by atoms with E-state index in [-0.39, 0.29) is 16.7 Å². The highest BCUT2D eigenvalue weighted by atomic mass is 35.5. The highest BCUT2D eigenvalue weighted by Gasteiger charge is 2.39. The van der Waals surface area contributed by atoms with Gasteiger partial charge in [-0.05, 0) is 48.0 Å². The maximum Gasteiger partial charge on any atom is 0.243 e. The van der Waals surface area contributed by atoms with E-state index in [1.165, 1.54) is 10.4 Å². The third kappa shape index (κ3) is 4.29. The molecule has 1 amide bonds. The summed E-state index contributed by atoms with van der Waals surface area (Å²) in [5.74, 6) is 0.741. The van der Waals surface area contributed by atoms with Gasteiger partial charge in [-0.2, -0.15) is 4.31 Å². The Morgan fingerprint density at radius 1 is 1.03 bits per heavy atom. The maximum absolute atomic E-state index is 13.1. The van der Waals surface area contributed by atoms with Crippen LogP contribution >= 0.6 is 11.6 Å². The van der Waals surface area contributed by atoms with Crippen molar-refractivity contribution in [3.05, 3.63) is 64.2 Å². The van der Waals surface area contributed by atoms with E-state index in [1.807, 2.05) is 30.1 Å². The maximum atomic E-state index is 13.1. The van der Waals surface area contributed by atoms with Gasteiger partial charge in [0, 0.05) is 43.8 Å². The number of rotatable bonds is 6. The molecule has 1 atom stereocenters. The zero-order valence-electron chi connectivity index (χ0n) is 18.8. The topological polar surface area (TPSA) is 88.2 Å². The van der Waals surface area contributed by atoms with Crippen LogP contribution in [0.25, 0.3) is 0 Å². The van der Waals surface area contributed by atoms with Gasteiger partial charge in [0.2, 0.25) is 15.9 Å². The summed E-state index contributed by atoms with van der Waals surface area (Å²) in [5.41, 5.74) is 3.10. The highest BCUT2D eigenvalue weighted by Crippen LogP contribution is 2.36. The Kier molecular flexibility index (Phi) is 6.28. The number of amides is 1. The van der Waals surface area contributed by atoms with Crippen molar-refractivity contribution in [3.8, 4) is 11.5 Å². The van der Waals surface area contributed by atoms with Crippen LogP contribution in [0.3, 0.4) is 0 Å². The van der Waals surface area contributed by atoms with Crippen LogP contribution in [0.15, 0.2) is 58.5 Å². The molecule has 10 heteroatoms. The van der Waals surface area contributed by atoms with Gasteiger partial charge < -0.3 is 19.7 Å². The lowest BCUT2D eigenvalue weighted by atomic mass is 9.92. The van der Waals surface area contributed by atoms with Gasteiger partial charge in [0.05, 0.1) is 10.8 Å². The zero-order valence-corrected chi connectivity index (χ0v) is 20.4. The smallest absolute Gasteiger partial charge is 0.243 e. The number of nitrogens with zero attached hydrogens (tertiary/aromatic N) is 2. The predicted molar refractivity (Wildman–Crippen MR) is 128 cm³/mol. The molecule has 3 aliphatic heterocycles. The number of hydrogen-bond donors (Lipinski definition) is 1. The summed E-state index contributed by atoms with van der Waals surface area (Å²) in [6.45, 7) is 3.14. The lowest BCUT2D eigenvalue weighted by Gasteiger charge is -2.42. The molecular formula is C24H26ClN3O5S. The van der Waals surface area contributed by atoms with Crippen molar-refractivity contribution < 1.29 is 22.7 Å². The van der Waals surface area contributed by atoms with E-state index < -0.39 is 10.0 Å². The molecule has 0 radical (unpaired) electrons. The summed E-state index contributed by atoms with van der Waals surface area (Å²) < 4.78 is 38.5. The number of carbonyl (C=O) groups is 1. The summed E-state index contributed by atoms with van der Waals surface area (Å²) >= 11 is 6.12. The molecule has 0 bridgehead atoms. The first-order chi connectivity index (χ1) is 16.4. The van der Waals surface area contributed by atoms with E-state index in [0.717, 1.165) is 16.7 Å². The summed E-state index contributed by atoms with van der Waals surface area (Å²) in [4.78, 5) is 15.1. The van der Waals surface area contributed by atoms with Gasteiger partial charge in [0.25, 0.3) is 0 Å². The van der Waals surface area contributed by atoms with Crippen LogP contribution in [-0.4, -0.2) is 76.5 Å². The van der Waals surface area contributed by atoms with E-state index in [0.29, 0.717) is 62.5 Å². The molecule has 180 valence electrons. The zero-order chi connectivity index (χ0) is 23.9. The summed E-state index contributed by atoms with van der Waals surface area (Å²) in [7, 11) is -1.80. The molecule has 0 aliphatic carbocycles. The van der Waals surface area contributed by atoms with E-state index in [1.54, 1.807) is 18.2 Å². The minimum Gasteiger partial charge on any atom is -0.486 e. The molecule has 8 nitrogen and oxygen atoms in total. The number of ether oxygens (including phenoxy) is 2. The molecule has 0 aromatic heterocycles. The number of fused-ring (bicyclic) bond motifs is 1. The quantitative estimate of drug-likeness (QED) is 0.608. The van der Waals surface area contributed by atoms with Crippen LogP contribution in [0.1, 0.15) is 11.5 Å². The standard InChI is InChI=1S/C24H26ClN3O5S/c1-26-11-21(16-3-2-4-19(25)9-16)24(29)27-12-17(13-27)18-14-28(15-18)34(30,31)20-5-6-22-23(10-20)33-8-7-32-22/h2-6,9-10,21,26H,7-8,11-15H2,1H3. The number of hydrogen-bond acceptors (Lipinski definition) is 6. The van der Waals surface area contributed by atoms with Gasteiger partial charge in [-0.3, -0.25) is 4.79 Å². The van der Waals surface area contributed by atoms with Crippen molar-refractivity contribution in [2.24, 2.45) is 0 Å². The number of benzene rings is 2. The fraction of sp³-hybridized carbons (Fsp3) is 0.375. The van der Waals surface area contributed by atoms with Crippen molar-refractivity contribution in [1.82, 2.24) is 14.5 Å². The fourth-order valence-electron chi connectivity index (χ4n) is 4.40. The Hall–Kier alpha value is -2.59. The molecule has 34 heavy (non-hydrogen) atoms. The number of likely N-dealkylation sites (tertiary alicyclic amines) is 1. The molecule has 3 aliphatic rings. The van der Waals surface area contributed by atoms with Crippen LogP contribution in [0, 0.1) is 0 Å². The summed E-state index contributed by atoms with van der Waals surface area (Å²) in [5, 5.41) is 3.69. The minimum absolute atomic E-state index is 0.0426. The van der Waals surface area contributed by atoms with E-state index in [4.69, 9.17) is 21.1 Å². The van der Waals surface area contributed by atoms with Crippen molar-refractivity contribution in [2.75, 3.05) is 53.0 Å². The second-order valence-corrected chi connectivity index (χ2v) is 11.0. The van der Waals surface area contributed by atoms with Crippen LogP contribution in [0.4, 0.5) is 0 Å². The minimum atomic E-state index is -3.61. The lowest BCUT2D eigenvalue weighted by Crippen LogP contribution is -2.52. The number of nitrogens with one attached hydrogen (secondary N) is 1. The van der Waals surface area contributed by atoms with Gasteiger partial charge in [-0.15, -0.1) is 0 Å². The largest absolute Gasteiger partial charge is 0.486 e. The van der Waals surface area contributed by atoms with Crippen LogP contribution in [0.5, 0.6) is 11.5 Å². The monoisotopic (exact) mass is 503 g/mol. The first-order valence-corrected chi connectivity index (χ1v) is 13.0. The van der Waals surface area contributed by atoms with E-state index in [9.17, 15) is 13.2 Å². The molecular weight excluding hydrogens is 478 g/mol. The normalized spacial score (nSPS) is 18.8. The molecule has 5 rings (SSSR count). The molecule has 3 heterocycles. The van der Waals surface area contributed by atoms with Gasteiger partial charge in [-0.1, -0.05) is 23.7 Å². The number of carbonyl (C=O) groups excluding carboxylic acids is 1. The van der Waals surface area contributed by atoms with Gasteiger partial charge in [0.15, 0.2) is 11.5 Å². The second-order valence-electron chi connectivity index (χ2n) is 8.65. The highest BCUT2D eigenvalue weighted by molar-refractivity contribution is 7.89. The van der Waals surface area contributed by atoms with Crippen molar-refractivity contribution in [1.29, 1.82) is 0 Å². The fourth-order valence-corrected chi connectivity index (χ4v) is 6.04. The van der Waals surface area contributed by atoms with Crippen molar-refractivity contribution in [2.45, 2.75) is 10.8 Å². The Balaban J connectivity index is 1.22. The first kappa shape index (κ1) is 23.2. The average Bonchev–Trinajstić information content (AvgIpc) is 2.77. The third-order valence-corrected chi connectivity index (χ3v) is 8.44. The number of sulfonamides is 1. The van der Waals surface area contributed by atoms with Crippen LogP contribution in [-0.2, 0) is 14.8 Å². The van der Waals surface area contributed by atoms with Gasteiger partial charge in [0.1, 0.15) is 13.2 Å². The molecule has 0 saturated carbocycles. The van der Waals surface area contributed by atoms with Crippen LogP contribution < -0.4 is 14.8 Å². The Morgan fingerprint density at radius 3 is 2.44 bits per heavy atom. The summed E-state index contributed by atoms with van der Waals surface area (Å²) in [6.07, 6.45) is 0. The van der Waals surface area contributed by atoms with Crippen molar-refractivity contribution >= 4 is 27.5 Å². The molecule has 2 fully saturated rings. The Morgan fingerprint density at radius 2 is 1.74 bits per heavy atom. The SMILES string of the molecule is CNCC(C(=O)N1CC(=C2CN(S(=O)(=O)c3ccc4c(c3)OCCO4)C2)C1)c1cccc(Cl)c1. The van der Waals surface area contributed by atoms with Gasteiger partial charge >= 0.3 is 0 Å². The molecule has 1 N–H and O–H groups in total. The molecule has 1 unspecified atom stereocenters. The van der Waals surface area contributed by atoms with Gasteiger partial charge in [-0.25, -0.2) is 8.42 Å². The van der Waals surface area contributed by atoms with E-state index in [2.05, 4.69) is 5.32 Å². The lowest BCUT2D eigenvalue weighted by molar-refractivity contribution is -0.134. The molecule has 2 aromatic rings. The first-order valence-electron chi connectivity index (χ1n) is 11.2. The molecule has 0 spiro atoms. The van der Waals surface area contributed by atoms with Crippen LogP contribution in [0.2, 0.25) is 5.02 Å². The second kappa shape index (κ2) is 9.22. The predicted octanol–water partition coefficient (Wildman–Crippen LogP) is 2.26. The Bertz CT molecular complexity index is 1250. The van der Waals surface area contributed by atoms with Crippen molar-refractivity contribution in [3.63, 3.8) is 0 Å². The van der Waals surface area contributed by atoms with E-state index >= 15 is 0 Å². The number of halogens is 1. The summed E-state index contributed by atoms with van der Waals surface area (Å²) in [6, 6.07) is 12.1. The number of likely N-dealkylation sites (N-methyl/N-ethyl adjacent to an activating group) is 1. The molecule has 2 aromatic carbocycles. The average molecular weight is 504 g/mol.